The molecular formula is C9H25N3O6. The number of hydrazine groups is 1. The molecule has 7 N–H and O–H groups in total. The zero-order valence-corrected chi connectivity index (χ0v) is 11.7. The van der Waals surface area contributed by atoms with E-state index in [0.29, 0.717) is 0 Å². The lowest BCUT2D eigenvalue weighted by Crippen LogP contribution is -2.25. The molecule has 9 heteroatoms. The summed E-state index contributed by atoms with van der Waals surface area (Å²) in [4.78, 5) is 27.0. The van der Waals surface area contributed by atoms with Gasteiger partial charge in [0.05, 0.1) is 0 Å². The van der Waals surface area contributed by atoms with Crippen LogP contribution in [0.3, 0.4) is 0 Å². The van der Waals surface area contributed by atoms with Gasteiger partial charge in [0.2, 0.25) is 0 Å². The lowest BCUT2D eigenvalue weighted by molar-refractivity contribution is -0.135. The number of hydrogen-bond acceptors (Lipinski definition) is 6. The number of carboxylic acid groups (broad SMARTS) is 3. The van der Waals surface area contributed by atoms with Gasteiger partial charge in [0, 0.05) is 34.9 Å². The Morgan fingerprint density at radius 1 is 0.833 bits per heavy atom. The second-order valence-electron chi connectivity index (χ2n) is 2.68. The molecule has 0 aliphatic heterocycles. The first-order valence-corrected chi connectivity index (χ1v) is 4.40. The second kappa shape index (κ2) is 24.5. The number of carboxylic acids is 3. The van der Waals surface area contributed by atoms with E-state index in [1.165, 1.54) is 0 Å². The highest BCUT2D eigenvalue weighted by Gasteiger charge is 1.69. The Morgan fingerprint density at radius 3 is 0.889 bits per heavy atom. The van der Waals surface area contributed by atoms with Gasteiger partial charge in [-0.25, -0.2) is 0 Å². The molecule has 0 atom stereocenters. The minimum atomic E-state index is -0.833. The summed E-state index contributed by atoms with van der Waals surface area (Å²) in [6, 6.07) is 0. The maximum absolute atomic E-state index is 9.00. The minimum absolute atomic E-state index is 0. The van der Waals surface area contributed by atoms with Gasteiger partial charge < -0.3 is 21.5 Å². The van der Waals surface area contributed by atoms with Gasteiger partial charge in [-0.15, -0.1) is 0 Å². The highest BCUT2D eigenvalue weighted by atomic mass is 16.4. The zero-order chi connectivity index (χ0) is 15.0. The van der Waals surface area contributed by atoms with E-state index < -0.39 is 17.9 Å². The van der Waals surface area contributed by atoms with E-state index in [9.17, 15) is 0 Å². The Morgan fingerprint density at radius 2 is 0.889 bits per heavy atom. The van der Waals surface area contributed by atoms with Crippen molar-refractivity contribution in [3.63, 3.8) is 0 Å². The van der Waals surface area contributed by atoms with Crippen molar-refractivity contribution in [1.29, 1.82) is 0 Å². The fourth-order valence-electron chi connectivity index (χ4n) is 0. The third kappa shape index (κ3) is 30000. The molecule has 112 valence electrons. The highest BCUT2D eigenvalue weighted by molar-refractivity contribution is 5.63. The molecule has 0 unspecified atom stereocenters. The summed E-state index contributed by atoms with van der Waals surface area (Å²) in [5.74, 6) is -2.50. The van der Waals surface area contributed by atoms with E-state index >= 15 is 0 Å². The van der Waals surface area contributed by atoms with E-state index in [0.717, 1.165) is 20.8 Å². The number of rotatable bonds is 1. The Balaban J connectivity index is -0.0000000412. The van der Waals surface area contributed by atoms with Gasteiger partial charge in [0.1, 0.15) is 0 Å². The normalized spacial score (nSPS) is 6.83. The maximum Gasteiger partial charge on any atom is 0.300 e. The van der Waals surface area contributed by atoms with Crippen LogP contribution in [0, 0.1) is 0 Å². The molecule has 0 saturated heterocycles. The predicted molar refractivity (Wildman–Crippen MR) is 67.7 cm³/mol. The van der Waals surface area contributed by atoms with Crippen LogP contribution in [0.2, 0.25) is 0 Å². The first-order chi connectivity index (χ1) is 7.47. The third-order valence-electron chi connectivity index (χ3n) is 0.447. The van der Waals surface area contributed by atoms with Gasteiger partial charge in [-0.05, 0) is 7.05 Å². The lowest BCUT2D eigenvalue weighted by Gasteiger charge is -2.02. The molecular weight excluding hydrogens is 246 g/mol. The van der Waals surface area contributed by atoms with Crippen LogP contribution in [0.15, 0.2) is 0 Å². The number of hydrogen-bond donors (Lipinski definition) is 5. The lowest BCUT2D eigenvalue weighted by atomic mass is 10.9. The van der Waals surface area contributed by atoms with Crippen molar-refractivity contribution < 1.29 is 29.7 Å². The molecule has 0 aromatic carbocycles. The molecule has 0 aromatic rings. The molecule has 0 fully saturated rings. The number of aliphatic carboxylic acids is 3. The van der Waals surface area contributed by atoms with Crippen LogP contribution >= 0.6 is 0 Å². The molecule has 0 bridgehead atoms. The molecule has 0 radical (unpaired) electrons. The van der Waals surface area contributed by atoms with Gasteiger partial charge in [-0.1, -0.05) is 0 Å². The van der Waals surface area contributed by atoms with Gasteiger partial charge in [-0.2, -0.15) is 0 Å². The van der Waals surface area contributed by atoms with Gasteiger partial charge in [0.25, 0.3) is 17.9 Å². The van der Waals surface area contributed by atoms with Gasteiger partial charge >= 0.3 is 0 Å². The summed E-state index contributed by atoms with van der Waals surface area (Å²) in [5, 5.41) is 24.1. The van der Waals surface area contributed by atoms with E-state index in [-0.39, 0.29) is 6.15 Å². The number of carbonyl (C=O) groups is 3. The van der Waals surface area contributed by atoms with E-state index in [2.05, 4.69) is 5.43 Å². The Labute approximate surface area is 107 Å². The first-order valence-electron chi connectivity index (χ1n) is 4.40. The molecule has 0 aliphatic carbocycles. The molecule has 0 spiro atoms. The Bertz CT molecular complexity index is 168. The van der Waals surface area contributed by atoms with E-state index in [1.54, 1.807) is 0 Å². The van der Waals surface area contributed by atoms with E-state index in [4.69, 9.17) is 29.7 Å². The molecule has 18 heavy (non-hydrogen) atoms. The zero-order valence-electron chi connectivity index (χ0n) is 11.7. The Hall–Kier alpha value is -1.71. The van der Waals surface area contributed by atoms with Crippen LogP contribution in [0.25, 0.3) is 0 Å². The van der Waals surface area contributed by atoms with Crippen LogP contribution in [0.4, 0.5) is 0 Å². The molecule has 0 aliphatic rings. The largest absolute Gasteiger partial charge is 0.481 e. The quantitative estimate of drug-likeness (QED) is 0.417. The summed E-state index contributed by atoms with van der Waals surface area (Å²) < 4.78 is 0. The summed E-state index contributed by atoms with van der Waals surface area (Å²) in [5.41, 5.74) is 2.86. The second-order valence-corrected chi connectivity index (χ2v) is 2.68. The fourth-order valence-corrected chi connectivity index (χ4v) is 0. The van der Waals surface area contributed by atoms with Crippen molar-refractivity contribution in [2.75, 3.05) is 21.1 Å². The molecule has 0 amide bonds. The van der Waals surface area contributed by atoms with Crippen molar-refractivity contribution in [3.8, 4) is 0 Å². The SMILES string of the molecule is CC(=O)O.CC(=O)O.CC(=O)O.CNN(C)C.N. The molecule has 0 saturated carbocycles. The molecule has 0 heterocycles. The van der Waals surface area contributed by atoms with E-state index in [1.807, 2.05) is 26.2 Å². The first kappa shape index (κ1) is 29.9. The average molecular weight is 271 g/mol. The standard InChI is InChI=1S/C3H10N2.3C2H4O2.H3N/c1-4-5(2)3;3*1-2(3)4;/h4H,1-3H3;3*1H3,(H,3,4);1H3. The average Bonchev–Trinajstić information content (AvgIpc) is 2.00. The summed E-state index contributed by atoms with van der Waals surface area (Å²) in [6.07, 6.45) is 0. The van der Waals surface area contributed by atoms with Crippen LogP contribution in [0.1, 0.15) is 20.8 Å². The summed E-state index contributed by atoms with van der Waals surface area (Å²) in [6.45, 7) is 3.25. The number of nitrogens with one attached hydrogen (secondary N) is 1. The van der Waals surface area contributed by atoms with Crippen molar-refractivity contribution >= 4 is 17.9 Å². The van der Waals surface area contributed by atoms with Gasteiger partial charge in [-0.3, -0.25) is 24.8 Å². The van der Waals surface area contributed by atoms with Crippen molar-refractivity contribution in [3.05, 3.63) is 0 Å². The minimum Gasteiger partial charge on any atom is -0.481 e. The third-order valence-corrected chi connectivity index (χ3v) is 0.447. The maximum atomic E-state index is 9.00. The monoisotopic (exact) mass is 271 g/mol. The number of nitrogens with zero attached hydrogens (tertiary/aromatic N) is 1. The van der Waals surface area contributed by atoms with Crippen LogP contribution in [-0.2, 0) is 14.4 Å². The van der Waals surface area contributed by atoms with Crippen molar-refractivity contribution in [2.24, 2.45) is 0 Å². The van der Waals surface area contributed by atoms with Gasteiger partial charge in [0.15, 0.2) is 0 Å². The van der Waals surface area contributed by atoms with Crippen molar-refractivity contribution in [1.82, 2.24) is 16.6 Å². The Kier molecular flexibility index (Phi) is 40.7. The molecule has 0 rings (SSSR count). The fraction of sp³-hybridized carbons (Fsp3) is 0.667. The predicted octanol–water partition coefficient (Wildman–Crippen LogP) is 0.117. The smallest absolute Gasteiger partial charge is 0.300 e. The van der Waals surface area contributed by atoms with Crippen LogP contribution in [0.5, 0.6) is 0 Å². The van der Waals surface area contributed by atoms with Crippen molar-refractivity contribution in [2.45, 2.75) is 20.8 Å². The highest BCUT2D eigenvalue weighted by Crippen LogP contribution is 1.49. The summed E-state index contributed by atoms with van der Waals surface area (Å²) >= 11 is 0. The molecule has 0 aromatic heterocycles. The molecule has 9 nitrogen and oxygen atoms in total. The van der Waals surface area contributed by atoms with Crippen LogP contribution < -0.4 is 11.6 Å². The topological polar surface area (TPSA) is 162 Å². The summed E-state index contributed by atoms with van der Waals surface area (Å²) in [7, 11) is 5.76. The van der Waals surface area contributed by atoms with Crippen LogP contribution in [-0.4, -0.2) is 59.4 Å².